The maximum absolute atomic E-state index is 9.13. The van der Waals surface area contributed by atoms with Gasteiger partial charge in [-0.2, -0.15) is 5.26 Å². The molecule has 3 nitrogen and oxygen atoms in total. The standard InChI is InChI=1S/C14H12ClN3/c1-3-12-9(2)17-14(18-13(12)8-16)10-5-4-6-11(15)7-10/h4-7H,3H2,1-2H3. The molecule has 0 aliphatic heterocycles. The Hall–Kier alpha value is -1.92. The van der Waals surface area contributed by atoms with Crippen molar-refractivity contribution in [1.82, 2.24) is 9.97 Å². The Morgan fingerprint density at radius 2 is 2.11 bits per heavy atom. The Kier molecular flexibility index (Phi) is 3.59. The molecule has 0 aliphatic carbocycles. The van der Waals surface area contributed by atoms with E-state index in [9.17, 15) is 0 Å². The van der Waals surface area contributed by atoms with Gasteiger partial charge in [0, 0.05) is 21.8 Å². The first-order valence-electron chi connectivity index (χ1n) is 5.69. The van der Waals surface area contributed by atoms with Crippen LogP contribution in [0.1, 0.15) is 23.9 Å². The van der Waals surface area contributed by atoms with E-state index in [0.29, 0.717) is 16.5 Å². The average Bonchev–Trinajstić information content (AvgIpc) is 2.37. The molecule has 2 aromatic rings. The highest BCUT2D eigenvalue weighted by atomic mass is 35.5. The first-order valence-corrected chi connectivity index (χ1v) is 6.07. The van der Waals surface area contributed by atoms with E-state index in [1.54, 1.807) is 12.1 Å². The molecule has 1 heterocycles. The maximum Gasteiger partial charge on any atom is 0.160 e. The van der Waals surface area contributed by atoms with Crippen molar-refractivity contribution in [1.29, 1.82) is 5.26 Å². The van der Waals surface area contributed by atoms with Crippen molar-refractivity contribution in [2.24, 2.45) is 0 Å². The second kappa shape index (κ2) is 5.16. The average molecular weight is 258 g/mol. The van der Waals surface area contributed by atoms with Crippen molar-refractivity contribution in [3.63, 3.8) is 0 Å². The van der Waals surface area contributed by atoms with Crippen LogP contribution < -0.4 is 0 Å². The van der Waals surface area contributed by atoms with Crippen LogP contribution in [0.4, 0.5) is 0 Å². The highest BCUT2D eigenvalue weighted by Crippen LogP contribution is 2.22. The van der Waals surface area contributed by atoms with Crippen molar-refractivity contribution in [2.75, 3.05) is 0 Å². The highest BCUT2D eigenvalue weighted by Gasteiger charge is 2.11. The molecule has 0 saturated heterocycles. The summed E-state index contributed by atoms with van der Waals surface area (Å²) in [7, 11) is 0. The van der Waals surface area contributed by atoms with Gasteiger partial charge in [-0.1, -0.05) is 30.7 Å². The summed E-state index contributed by atoms with van der Waals surface area (Å²) in [6.07, 6.45) is 0.755. The summed E-state index contributed by atoms with van der Waals surface area (Å²) >= 11 is 5.95. The lowest BCUT2D eigenvalue weighted by Crippen LogP contribution is -2.02. The van der Waals surface area contributed by atoms with E-state index in [1.165, 1.54) is 0 Å². The number of aryl methyl sites for hydroxylation is 1. The van der Waals surface area contributed by atoms with E-state index >= 15 is 0 Å². The smallest absolute Gasteiger partial charge is 0.160 e. The minimum absolute atomic E-state index is 0.444. The van der Waals surface area contributed by atoms with Crippen molar-refractivity contribution >= 4 is 11.6 Å². The molecule has 0 fully saturated rings. The summed E-state index contributed by atoms with van der Waals surface area (Å²) in [5.74, 6) is 0.545. The third-order valence-electron chi connectivity index (χ3n) is 2.76. The molecule has 90 valence electrons. The van der Waals surface area contributed by atoms with Crippen LogP contribution in [0.15, 0.2) is 24.3 Å². The summed E-state index contributed by atoms with van der Waals surface area (Å²) < 4.78 is 0. The third kappa shape index (κ3) is 2.34. The molecule has 18 heavy (non-hydrogen) atoms. The van der Waals surface area contributed by atoms with Crippen LogP contribution in [0.25, 0.3) is 11.4 Å². The lowest BCUT2D eigenvalue weighted by Gasteiger charge is -2.07. The summed E-state index contributed by atoms with van der Waals surface area (Å²) in [5.41, 5.74) is 3.02. The Balaban J connectivity index is 2.61. The molecule has 0 amide bonds. The lowest BCUT2D eigenvalue weighted by atomic mass is 10.1. The molecule has 0 atom stereocenters. The van der Waals surface area contributed by atoms with Gasteiger partial charge < -0.3 is 0 Å². The second-order valence-electron chi connectivity index (χ2n) is 3.94. The Labute approximate surface area is 111 Å². The van der Waals surface area contributed by atoms with E-state index in [2.05, 4.69) is 16.0 Å². The van der Waals surface area contributed by atoms with Crippen molar-refractivity contribution in [3.05, 3.63) is 46.2 Å². The number of benzene rings is 1. The summed E-state index contributed by atoms with van der Waals surface area (Å²) in [6.45, 7) is 3.89. The largest absolute Gasteiger partial charge is 0.233 e. The first-order chi connectivity index (χ1) is 8.65. The van der Waals surface area contributed by atoms with Gasteiger partial charge in [0.25, 0.3) is 0 Å². The van der Waals surface area contributed by atoms with Crippen LogP contribution >= 0.6 is 11.6 Å². The lowest BCUT2D eigenvalue weighted by molar-refractivity contribution is 0.985. The molecule has 0 aliphatic rings. The molecule has 0 unspecified atom stereocenters. The zero-order valence-electron chi connectivity index (χ0n) is 10.2. The fraction of sp³-hybridized carbons (Fsp3) is 0.214. The van der Waals surface area contributed by atoms with Crippen molar-refractivity contribution < 1.29 is 0 Å². The van der Waals surface area contributed by atoms with E-state index in [-0.39, 0.29) is 0 Å². The first kappa shape index (κ1) is 12.5. The summed E-state index contributed by atoms with van der Waals surface area (Å²) in [5, 5.41) is 9.76. The molecule has 0 N–H and O–H groups in total. The van der Waals surface area contributed by atoms with E-state index in [0.717, 1.165) is 23.2 Å². The fourth-order valence-electron chi connectivity index (χ4n) is 1.87. The number of rotatable bonds is 2. The Morgan fingerprint density at radius 1 is 1.33 bits per heavy atom. The normalized spacial score (nSPS) is 10.1. The second-order valence-corrected chi connectivity index (χ2v) is 4.37. The molecule has 0 spiro atoms. The van der Waals surface area contributed by atoms with E-state index < -0.39 is 0 Å². The third-order valence-corrected chi connectivity index (χ3v) is 2.99. The van der Waals surface area contributed by atoms with Crippen LogP contribution in [-0.2, 0) is 6.42 Å². The molecule has 4 heteroatoms. The minimum atomic E-state index is 0.444. The molecule has 0 saturated carbocycles. The number of nitriles is 1. The molecule has 1 aromatic carbocycles. The van der Waals surface area contributed by atoms with Gasteiger partial charge in [-0.05, 0) is 25.5 Å². The van der Waals surface area contributed by atoms with Gasteiger partial charge in [-0.3, -0.25) is 0 Å². The Morgan fingerprint density at radius 3 is 2.72 bits per heavy atom. The van der Waals surface area contributed by atoms with Crippen LogP contribution in [0.3, 0.4) is 0 Å². The number of aromatic nitrogens is 2. The number of hydrogen-bond donors (Lipinski definition) is 0. The van der Waals surface area contributed by atoms with Crippen LogP contribution in [-0.4, -0.2) is 9.97 Å². The molecule has 1 aromatic heterocycles. The van der Waals surface area contributed by atoms with Gasteiger partial charge in [0.05, 0.1) is 0 Å². The molecule has 0 radical (unpaired) electrons. The fourth-order valence-corrected chi connectivity index (χ4v) is 2.06. The highest BCUT2D eigenvalue weighted by molar-refractivity contribution is 6.30. The van der Waals surface area contributed by atoms with Crippen molar-refractivity contribution in [2.45, 2.75) is 20.3 Å². The van der Waals surface area contributed by atoms with Gasteiger partial charge >= 0.3 is 0 Å². The molecule has 0 bridgehead atoms. The quantitative estimate of drug-likeness (QED) is 0.827. The molecular formula is C14H12ClN3. The van der Waals surface area contributed by atoms with Crippen LogP contribution in [0.5, 0.6) is 0 Å². The summed E-state index contributed by atoms with van der Waals surface area (Å²) in [6, 6.07) is 9.44. The van der Waals surface area contributed by atoms with Gasteiger partial charge in [0.2, 0.25) is 0 Å². The predicted molar refractivity (Wildman–Crippen MR) is 71.3 cm³/mol. The van der Waals surface area contributed by atoms with Crippen LogP contribution in [0, 0.1) is 18.3 Å². The summed E-state index contributed by atoms with van der Waals surface area (Å²) in [4.78, 5) is 8.75. The monoisotopic (exact) mass is 257 g/mol. The van der Waals surface area contributed by atoms with Gasteiger partial charge in [-0.15, -0.1) is 0 Å². The zero-order chi connectivity index (χ0) is 13.1. The maximum atomic E-state index is 9.13. The van der Waals surface area contributed by atoms with Gasteiger partial charge in [-0.25, -0.2) is 9.97 Å². The van der Waals surface area contributed by atoms with E-state index in [4.69, 9.17) is 16.9 Å². The van der Waals surface area contributed by atoms with Crippen LogP contribution in [0.2, 0.25) is 5.02 Å². The minimum Gasteiger partial charge on any atom is -0.233 e. The number of halogens is 1. The van der Waals surface area contributed by atoms with E-state index in [1.807, 2.05) is 26.0 Å². The topological polar surface area (TPSA) is 49.6 Å². The number of nitrogens with zero attached hydrogens (tertiary/aromatic N) is 3. The molecule has 2 rings (SSSR count). The predicted octanol–water partition coefficient (Wildman–Crippen LogP) is 3.54. The SMILES string of the molecule is CCc1c(C)nc(-c2cccc(Cl)c2)nc1C#N. The van der Waals surface area contributed by atoms with Gasteiger partial charge in [0.1, 0.15) is 11.8 Å². The Bertz CT molecular complexity index is 629. The molecular weight excluding hydrogens is 246 g/mol. The van der Waals surface area contributed by atoms with Gasteiger partial charge in [0.15, 0.2) is 5.82 Å². The van der Waals surface area contributed by atoms with Crippen molar-refractivity contribution in [3.8, 4) is 17.5 Å². The zero-order valence-corrected chi connectivity index (χ0v) is 11.0. The number of hydrogen-bond acceptors (Lipinski definition) is 3.